The smallest absolute Gasteiger partial charge is 0.369 e. The van der Waals surface area contributed by atoms with E-state index < -0.39 is 41.4 Å². The molecule has 6 nitrogen and oxygen atoms in total. The van der Waals surface area contributed by atoms with Gasteiger partial charge >= 0.3 is 6.18 Å². The van der Waals surface area contributed by atoms with E-state index in [-0.39, 0.29) is 18.4 Å². The first-order valence-electron chi connectivity index (χ1n) is 16.2. The maximum Gasteiger partial charge on any atom is 0.416 e. The van der Waals surface area contributed by atoms with E-state index in [2.05, 4.69) is 5.32 Å². The monoisotopic (exact) mass is 655 g/mol. The largest absolute Gasteiger partial charge is 0.416 e. The molecule has 0 aromatic heterocycles. The Balaban J connectivity index is 1.53. The van der Waals surface area contributed by atoms with Crippen molar-refractivity contribution in [2.45, 2.75) is 58.8 Å². The number of nitrogens with zero attached hydrogens (tertiary/aromatic N) is 1. The number of benzene rings is 4. The van der Waals surface area contributed by atoms with Gasteiger partial charge in [0.2, 0.25) is 11.8 Å². The minimum absolute atomic E-state index is 0.106. The molecule has 0 spiro atoms. The standard InChI is InChI=1S/C39H40F3N3O3/c1-4-10-32(36(43)46)33(21-24(2)3)37(47)44-35-31-15-6-5-13-29(31)30-14-7-8-16-34(30)45(38(35)48)23-25-11-9-12-27(22-25)26-17-19-28(20-18-26)39(40,41)42/h5-9,11-20,22,24,32-33,35H,4,10,21,23H2,1-3H3,(H2,43,46)(H,44,47). The number of amides is 3. The second-order valence-corrected chi connectivity index (χ2v) is 12.8. The van der Waals surface area contributed by atoms with E-state index in [1.54, 1.807) is 11.0 Å². The molecule has 0 aliphatic carbocycles. The Bertz CT molecular complexity index is 1790. The van der Waals surface area contributed by atoms with Crippen LogP contribution in [0.4, 0.5) is 18.9 Å². The molecule has 48 heavy (non-hydrogen) atoms. The Kier molecular flexibility index (Phi) is 10.4. The van der Waals surface area contributed by atoms with Gasteiger partial charge in [0.1, 0.15) is 6.04 Å². The number of halogens is 3. The third-order valence-electron chi connectivity index (χ3n) is 8.88. The van der Waals surface area contributed by atoms with Gasteiger partial charge in [-0.15, -0.1) is 0 Å². The van der Waals surface area contributed by atoms with Gasteiger partial charge in [-0.1, -0.05) is 100.0 Å². The summed E-state index contributed by atoms with van der Waals surface area (Å²) >= 11 is 0. The van der Waals surface area contributed by atoms with Crippen molar-refractivity contribution in [3.05, 3.63) is 114 Å². The molecule has 0 fully saturated rings. The number of carbonyl (C=O) groups is 3. The lowest BCUT2D eigenvalue weighted by atomic mass is 9.81. The van der Waals surface area contributed by atoms with Crippen LogP contribution in [0, 0.1) is 17.8 Å². The van der Waals surface area contributed by atoms with Crippen LogP contribution in [0.1, 0.15) is 62.8 Å². The molecule has 5 rings (SSSR count). The Labute approximate surface area is 279 Å². The number of fused-ring (bicyclic) bond motifs is 3. The fourth-order valence-corrected chi connectivity index (χ4v) is 6.59. The molecular weight excluding hydrogens is 615 g/mol. The maximum atomic E-state index is 14.7. The number of anilines is 1. The van der Waals surface area contributed by atoms with Gasteiger partial charge in [0, 0.05) is 17.4 Å². The number of nitrogens with one attached hydrogen (secondary N) is 1. The predicted octanol–water partition coefficient (Wildman–Crippen LogP) is 8.31. The first-order valence-corrected chi connectivity index (χ1v) is 16.2. The Morgan fingerprint density at radius 1 is 0.854 bits per heavy atom. The maximum absolute atomic E-state index is 14.7. The average Bonchev–Trinajstić information content (AvgIpc) is 3.15. The molecule has 1 aliphatic heterocycles. The number of para-hydroxylation sites is 1. The number of carbonyl (C=O) groups excluding carboxylic acids is 3. The summed E-state index contributed by atoms with van der Waals surface area (Å²) in [6.45, 7) is 6.04. The molecule has 0 radical (unpaired) electrons. The summed E-state index contributed by atoms with van der Waals surface area (Å²) in [4.78, 5) is 43.0. The second-order valence-electron chi connectivity index (χ2n) is 12.8. The van der Waals surface area contributed by atoms with Crippen LogP contribution in [-0.2, 0) is 27.1 Å². The molecule has 1 heterocycles. The highest BCUT2D eigenvalue weighted by atomic mass is 19.4. The number of nitrogens with two attached hydrogens (primary N) is 1. The molecule has 4 aromatic carbocycles. The van der Waals surface area contributed by atoms with Crippen molar-refractivity contribution in [2.24, 2.45) is 23.5 Å². The van der Waals surface area contributed by atoms with Crippen molar-refractivity contribution in [1.29, 1.82) is 0 Å². The molecule has 3 unspecified atom stereocenters. The van der Waals surface area contributed by atoms with Crippen LogP contribution in [0.15, 0.2) is 97.1 Å². The van der Waals surface area contributed by atoms with E-state index in [0.29, 0.717) is 41.6 Å². The zero-order valence-electron chi connectivity index (χ0n) is 27.3. The summed E-state index contributed by atoms with van der Waals surface area (Å²) in [5.74, 6) is -2.56. The van der Waals surface area contributed by atoms with Crippen LogP contribution in [0.3, 0.4) is 0 Å². The van der Waals surface area contributed by atoms with Crippen LogP contribution < -0.4 is 16.0 Å². The average molecular weight is 656 g/mol. The summed E-state index contributed by atoms with van der Waals surface area (Å²) in [6.07, 6.45) is -2.86. The van der Waals surface area contributed by atoms with Crippen molar-refractivity contribution < 1.29 is 27.6 Å². The fourth-order valence-electron chi connectivity index (χ4n) is 6.59. The highest BCUT2D eigenvalue weighted by molar-refractivity contribution is 6.06. The van der Waals surface area contributed by atoms with Crippen LogP contribution in [0.5, 0.6) is 0 Å². The third kappa shape index (κ3) is 7.46. The molecule has 0 saturated heterocycles. The SMILES string of the molecule is CCCC(C(N)=O)C(CC(C)C)C(=O)NC1C(=O)N(Cc2cccc(-c3ccc(C(F)(F)F)cc3)c2)c2ccccc2-c2ccccc21. The minimum Gasteiger partial charge on any atom is -0.369 e. The van der Waals surface area contributed by atoms with Gasteiger partial charge in [0.25, 0.3) is 5.91 Å². The quantitative estimate of drug-likeness (QED) is 0.170. The van der Waals surface area contributed by atoms with Crippen LogP contribution >= 0.6 is 0 Å². The number of hydrogen-bond donors (Lipinski definition) is 2. The Morgan fingerprint density at radius 2 is 1.52 bits per heavy atom. The van der Waals surface area contributed by atoms with E-state index in [0.717, 1.165) is 28.8 Å². The molecule has 9 heteroatoms. The number of rotatable bonds is 11. The molecule has 0 bridgehead atoms. The van der Waals surface area contributed by atoms with Crippen molar-refractivity contribution in [2.75, 3.05) is 4.90 Å². The van der Waals surface area contributed by atoms with E-state index in [4.69, 9.17) is 5.73 Å². The number of primary amides is 1. The molecule has 3 amide bonds. The summed E-state index contributed by atoms with van der Waals surface area (Å²) in [5, 5.41) is 3.04. The lowest BCUT2D eigenvalue weighted by molar-refractivity contribution is -0.137. The van der Waals surface area contributed by atoms with Gasteiger partial charge < -0.3 is 16.0 Å². The molecular formula is C39H40F3N3O3. The van der Waals surface area contributed by atoms with Crippen molar-refractivity contribution in [3.63, 3.8) is 0 Å². The van der Waals surface area contributed by atoms with Crippen molar-refractivity contribution in [1.82, 2.24) is 5.32 Å². The lowest BCUT2D eigenvalue weighted by Gasteiger charge is -2.30. The minimum atomic E-state index is -4.43. The number of alkyl halides is 3. The zero-order valence-corrected chi connectivity index (χ0v) is 27.3. The molecule has 0 saturated carbocycles. The van der Waals surface area contributed by atoms with E-state index in [9.17, 15) is 27.6 Å². The second kappa shape index (κ2) is 14.5. The normalized spacial score (nSPS) is 15.7. The highest BCUT2D eigenvalue weighted by Crippen LogP contribution is 2.41. The van der Waals surface area contributed by atoms with Gasteiger partial charge in [-0.2, -0.15) is 13.2 Å². The van der Waals surface area contributed by atoms with Crippen LogP contribution in [-0.4, -0.2) is 17.7 Å². The number of hydrogen-bond acceptors (Lipinski definition) is 3. The molecule has 1 aliphatic rings. The zero-order chi connectivity index (χ0) is 34.6. The molecule has 3 N–H and O–H groups in total. The van der Waals surface area contributed by atoms with E-state index >= 15 is 0 Å². The van der Waals surface area contributed by atoms with Gasteiger partial charge in [0.05, 0.1) is 17.8 Å². The lowest BCUT2D eigenvalue weighted by Crippen LogP contribution is -2.47. The highest BCUT2D eigenvalue weighted by Gasteiger charge is 2.39. The van der Waals surface area contributed by atoms with Crippen molar-refractivity contribution >= 4 is 23.4 Å². The van der Waals surface area contributed by atoms with Crippen molar-refractivity contribution in [3.8, 4) is 22.3 Å². The van der Waals surface area contributed by atoms with E-state index in [1.165, 1.54) is 12.1 Å². The first-order chi connectivity index (χ1) is 22.9. The van der Waals surface area contributed by atoms with Crippen LogP contribution in [0.25, 0.3) is 22.3 Å². The van der Waals surface area contributed by atoms with Gasteiger partial charge in [-0.05, 0) is 70.8 Å². The van der Waals surface area contributed by atoms with Gasteiger partial charge in [0.15, 0.2) is 0 Å². The van der Waals surface area contributed by atoms with Crippen LogP contribution in [0.2, 0.25) is 0 Å². The first kappa shape index (κ1) is 34.4. The summed E-state index contributed by atoms with van der Waals surface area (Å²) in [5.41, 5.74) is 10.0. The Hall–Kier alpha value is -4.92. The topological polar surface area (TPSA) is 92.5 Å². The molecule has 250 valence electrons. The fraction of sp³-hybridized carbons (Fsp3) is 0.308. The molecule has 3 atom stereocenters. The summed E-state index contributed by atoms with van der Waals surface area (Å²) in [7, 11) is 0. The molecule has 4 aromatic rings. The predicted molar refractivity (Wildman–Crippen MR) is 181 cm³/mol. The Morgan fingerprint density at radius 3 is 2.17 bits per heavy atom. The van der Waals surface area contributed by atoms with Gasteiger partial charge in [-0.3, -0.25) is 14.4 Å². The third-order valence-corrected chi connectivity index (χ3v) is 8.88. The summed E-state index contributed by atoms with van der Waals surface area (Å²) in [6, 6.07) is 26.2. The summed E-state index contributed by atoms with van der Waals surface area (Å²) < 4.78 is 39.5. The van der Waals surface area contributed by atoms with E-state index in [1.807, 2.05) is 87.5 Å². The van der Waals surface area contributed by atoms with Gasteiger partial charge in [-0.25, -0.2) is 0 Å².